The molecule has 1 saturated carbocycles. The Labute approximate surface area is 194 Å². The Hall–Kier alpha value is -3.89. The summed E-state index contributed by atoms with van der Waals surface area (Å²) in [6.45, 7) is -0.496. The molecule has 2 N–H and O–H groups in total. The van der Waals surface area contributed by atoms with Crippen LogP contribution in [0.5, 0.6) is 5.75 Å². The molecule has 0 unspecified atom stereocenters. The average molecular weight is 467 g/mol. The fraction of sp³-hybridized carbons (Fsp3) is 0.348. The van der Waals surface area contributed by atoms with E-state index in [0.29, 0.717) is 18.1 Å². The average Bonchev–Trinajstić information content (AvgIpc) is 3.40. The number of hydrogen-bond acceptors (Lipinski definition) is 8. The molecule has 4 heterocycles. The normalized spacial score (nSPS) is 19.4. The number of anilines is 3. The molecule has 3 aromatic heterocycles. The van der Waals surface area contributed by atoms with E-state index in [1.54, 1.807) is 23.4 Å². The van der Waals surface area contributed by atoms with E-state index in [1.807, 2.05) is 19.1 Å². The lowest BCUT2D eigenvalue weighted by molar-refractivity contribution is -0.0503. The largest absolute Gasteiger partial charge is 0.432 e. The summed E-state index contributed by atoms with van der Waals surface area (Å²) in [5.74, 6) is 0.994. The van der Waals surface area contributed by atoms with Crippen LogP contribution in [0.3, 0.4) is 0 Å². The monoisotopic (exact) mass is 467 g/mol. The van der Waals surface area contributed by atoms with Crippen LogP contribution in [-0.4, -0.2) is 44.5 Å². The van der Waals surface area contributed by atoms with Gasteiger partial charge in [-0.05, 0) is 44.4 Å². The van der Waals surface area contributed by atoms with Crippen LogP contribution in [0.1, 0.15) is 40.9 Å². The molecule has 1 aliphatic heterocycles. The third kappa shape index (κ3) is 4.59. The van der Waals surface area contributed by atoms with E-state index in [1.165, 1.54) is 12.4 Å². The Morgan fingerprint density at radius 1 is 1.03 bits per heavy atom. The Morgan fingerprint density at radius 2 is 1.79 bits per heavy atom. The molecule has 9 nitrogen and oxygen atoms in total. The number of alkyl halides is 2. The molecule has 11 heteroatoms. The first kappa shape index (κ1) is 21.9. The van der Waals surface area contributed by atoms with Crippen molar-refractivity contribution in [2.75, 3.05) is 15.5 Å². The number of rotatable bonds is 7. The number of ether oxygens (including phenoxy) is 1. The molecule has 2 aliphatic rings. The minimum Gasteiger partial charge on any atom is -0.432 e. The van der Waals surface area contributed by atoms with Crippen LogP contribution < -0.4 is 20.3 Å². The van der Waals surface area contributed by atoms with Crippen LogP contribution in [0.2, 0.25) is 0 Å². The smallest absolute Gasteiger partial charge is 0.387 e. The second kappa shape index (κ2) is 9.16. The molecule has 0 radical (unpaired) electrons. The van der Waals surface area contributed by atoms with Gasteiger partial charge in [0.1, 0.15) is 5.82 Å². The lowest BCUT2D eigenvalue weighted by Crippen LogP contribution is -2.24. The highest BCUT2D eigenvalue weighted by atomic mass is 19.3. The predicted molar refractivity (Wildman–Crippen MR) is 121 cm³/mol. The van der Waals surface area contributed by atoms with Crippen LogP contribution in [0.15, 0.2) is 43.0 Å². The van der Waals surface area contributed by atoms with Gasteiger partial charge in [-0.15, -0.1) is 0 Å². The molecule has 0 bridgehead atoms. The molecule has 0 saturated heterocycles. The van der Waals surface area contributed by atoms with Gasteiger partial charge in [0.25, 0.3) is 5.91 Å². The summed E-state index contributed by atoms with van der Waals surface area (Å²) in [6.07, 6.45) is 8.47. The Kier molecular flexibility index (Phi) is 5.91. The topological polar surface area (TPSA) is 105 Å². The number of aryl methyl sites for hydroxylation is 1. The first-order valence-electron chi connectivity index (χ1n) is 11.0. The zero-order valence-corrected chi connectivity index (χ0v) is 18.4. The Morgan fingerprint density at radius 3 is 2.47 bits per heavy atom. The number of pyridine rings is 2. The highest BCUT2D eigenvalue weighted by Gasteiger charge is 2.30. The van der Waals surface area contributed by atoms with E-state index in [9.17, 15) is 13.6 Å². The van der Waals surface area contributed by atoms with Crippen molar-refractivity contribution in [1.82, 2.24) is 19.9 Å². The summed E-state index contributed by atoms with van der Waals surface area (Å²) in [4.78, 5) is 31.3. The SMILES string of the molecule is Cc1nccc2c1CN(c1ccc(N[C@H]3CC[C@H](Nc4ncc(OC(F)F)cn4)C3)nc1)C2=O. The molecule has 1 amide bonds. The highest BCUT2D eigenvalue weighted by Crippen LogP contribution is 2.30. The maximum Gasteiger partial charge on any atom is 0.387 e. The van der Waals surface area contributed by atoms with E-state index in [4.69, 9.17) is 0 Å². The zero-order valence-electron chi connectivity index (χ0n) is 18.4. The number of fused-ring (bicyclic) bond motifs is 1. The fourth-order valence-corrected chi connectivity index (χ4v) is 4.40. The Bertz CT molecular complexity index is 1170. The third-order valence-electron chi connectivity index (χ3n) is 6.09. The van der Waals surface area contributed by atoms with Gasteiger partial charge in [0.2, 0.25) is 5.95 Å². The summed E-state index contributed by atoms with van der Waals surface area (Å²) in [5.41, 5.74) is 3.26. The molecule has 0 spiro atoms. The molecule has 3 aromatic rings. The molecule has 5 rings (SSSR count). The summed E-state index contributed by atoms with van der Waals surface area (Å²) < 4.78 is 28.7. The summed E-state index contributed by atoms with van der Waals surface area (Å²) >= 11 is 0. The summed E-state index contributed by atoms with van der Waals surface area (Å²) in [7, 11) is 0. The first-order valence-corrected chi connectivity index (χ1v) is 11.0. The van der Waals surface area contributed by atoms with Crippen LogP contribution in [-0.2, 0) is 6.54 Å². The number of nitrogens with one attached hydrogen (secondary N) is 2. The lowest BCUT2D eigenvalue weighted by Gasteiger charge is -2.18. The number of carbonyl (C=O) groups is 1. The van der Waals surface area contributed by atoms with Gasteiger partial charge in [0, 0.05) is 35.1 Å². The quantitative estimate of drug-likeness (QED) is 0.541. The van der Waals surface area contributed by atoms with Gasteiger partial charge in [-0.3, -0.25) is 9.78 Å². The molecular formula is C23H23F2N7O2. The van der Waals surface area contributed by atoms with Gasteiger partial charge >= 0.3 is 6.61 Å². The minimum absolute atomic E-state index is 0.0382. The standard InChI is InChI=1S/C23H23F2N7O2/c1-13-19-12-32(21(33)18(19)6-7-26-13)16-4-5-20(27-9-16)30-14-2-3-15(8-14)31-23-28-10-17(11-29-23)34-22(24)25/h4-7,9-11,14-15,22H,2-3,8,12H2,1H3,(H,27,30)(H,28,29,31)/t14-,15-/m0/s1. The van der Waals surface area contributed by atoms with E-state index in [0.717, 1.165) is 42.0 Å². The van der Waals surface area contributed by atoms with Crippen molar-refractivity contribution in [3.63, 3.8) is 0 Å². The maximum absolute atomic E-state index is 12.8. The molecule has 176 valence electrons. The Balaban J connectivity index is 1.15. The molecular weight excluding hydrogens is 444 g/mol. The van der Waals surface area contributed by atoms with Crippen LogP contribution in [0.25, 0.3) is 0 Å². The summed E-state index contributed by atoms with van der Waals surface area (Å²) in [5, 5.41) is 6.66. The molecule has 0 aromatic carbocycles. The third-order valence-corrected chi connectivity index (χ3v) is 6.09. The van der Waals surface area contributed by atoms with Crippen molar-refractivity contribution < 1.29 is 18.3 Å². The first-order chi connectivity index (χ1) is 16.5. The maximum atomic E-state index is 12.8. The predicted octanol–water partition coefficient (Wildman–Crippen LogP) is 3.78. The fourth-order valence-electron chi connectivity index (χ4n) is 4.40. The van der Waals surface area contributed by atoms with Crippen molar-refractivity contribution >= 4 is 23.4 Å². The van der Waals surface area contributed by atoms with Crippen molar-refractivity contribution in [2.45, 2.75) is 51.4 Å². The van der Waals surface area contributed by atoms with E-state index < -0.39 is 6.61 Å². The minimum atomic E-state index is -2.90. The number of amides is 1. The van der Waals surface area contributed by atoms with Gasteiger partial charge in [0.05, 0.1) is 30.8 Å². The van der Waals surface area contributed by atoms with E-state index in [2.05, 4.69) is 35.3 Å². The second-order valence-corrected chi connectivity index (χ2v) is 8.33. The van der Waals surface area contributed by atoms with Gasteiger partial charge in [-0.1, -0.05) is 0 Å². The molecule has 1 fully saturated rings. The molecule has 2 atom stereocenters. The van der Waals surface area contributed by atoms with Gasteiger partial charge in [-0.25, -0.2) is 15.0 Å². The number of carbonyl (C=O) groups excluding carboxylic acids is 1. The van der Waals surface area contributed by atoms with Crippen LogP contribution >= 0.6 is 0 Å². The highest BCUT2D eigenvalue weighted by molar-refractivity contribution is 6.10. The van der Waals surface area contributed by atoms with Gasteiger partial charge in [-0.2, -0.15) is 8.78 Å². The van der Waals surface area contributed by atoms with Gasteiger partial charge in [0.15, 0.2) is 5.75 Å². The van der Waals surface area contributed by atoms with E-state index in [-0.39, 0.29) is 23.7 Å². The van der Waals surface area contributed by atoms with Crippen LogP contribution in [0, 0.1) is 6.92 Å². The van der Waals surface area contributed by atoms with Crippen molar-refractivity contribution in [1.29, 1.82) is 0 Å². The van der Waals surface area contributed by atoms with Crippen molar-refractivity contribution in [3.05, 3.63) is 59.8 Å². The number of hydrogen-bond donors (Lipinski definition) is 2. The van der Waals surface area contributed by atoms with Gasteiger partial charge < -0.3 is 20.3 Å². The van der Waals surface area contributed by atoms with E-state index >= 15 is 0 Å². The van der Waals surface area contributed by atoms with Crippen molar-refractivity contribution in [2.24, 2.45) is 0 Å². The molecule has 1 aliphatic carbocycles. The number of aromatic nitrogens is 4. The second-order valence-electron chi connectivity index (χ2n) is 8.33. The van der Waals surface area contributed by atoms with Crippen molar-refractivity contribution in [3.8, 4) is 5.75 Å². The van der Waals surface area contributed by atoms with Crippen LogP contribution in [0.4, 0.5) is 26.2 Å². The zero-order chi connectivity index (χ0) is 23.7. The number of nitrogens with zero attached hydrogens (tertiary/aromatic N) is 5. The molecule has 34 heavy (non-hydrogen) atoms. The number of halogens is 2. The lowest BCUT2D eigenvalue weighted by atomic mass is 10.1. The summed E-state index contributed by atoms with van der Waals surface area (Å²) in [6, 6.07) is 5.89.